The number of aliphatic hydroxyl groups is 1. The lowest BCUT2D eigenvalue weighted by molar-refractivity contribution is -0.111. The third-order valence-electron chi connectivity index (χ3n) is 2.10. The summed E-state index contributed by atoms with van der Waals surface area (Å²) in [6.45, 7) is 6.08. The van der Waals surface area contributed by atoms with E-state index in [0.717, 1.165) is 13.2 Å². The molecule has 0 bridgehead atoms. The van der Waals surface area contributed by atoms with E-state index in [1.54, 1.807) is 0 Å². The molecular formula is C8H17NO2. The van der Waals surface area contributed by atoms with Crippen LogP contribution in [0.25, 0.3) is 0 Å². The van der Waals surface area contributed by atoms with Crippen LogP contribution in [0, 0.1) is 5.92 Å². The Morgan fingerprint density at radius 2 is 2.45 bits per heavy atom. The van der Waals surface area contributed by atoms with Gasteiger partial charge in [-0.1, -0.05) is 6.92 Å². The smallest absolute Gasteiger partial charge is 0.118 e. The van der Waals surface area contributed by atoms with E-state index < -0.39 is 0 Å². The standard InChI is InChI=1S/C8H17NO2/c1-7-5-9-8(2,3-4-10)11-6-7/h7,9-10H,3-6H2,1-2H3. The highest BCUT2D eigenvalue weighted by Gasteiger charge is 2.28. The van der Waals surface area contributed by atoms with Crippen LogP contribution in [0.3, 0.4) is 0 Å². The summed E-state index contributed by atoms with van der Waals surface area (Å²) in [4.78, 5) is 0. The van der Waals surface area contributed by atoms with Crippen LogP contribution < -0.4 is 5.32 Å². The summed E-state index contributed by atoms with van der Waals surface area (Å²) >= 11 is 0. The number of aliphatic hydroxyl groups excluding tert-OH is 1. The second-order valence-corrected chi connectivity index (χ2v) is 3.50. The van der Waals surface area contributed by atoms with Crippen LogP contribution in [-0.2, 0) is 4.74 Å². The van der Waals surface area contributed by atoms with Gasteiger partial charge in [0.2, 0.25) is 0 Å². The molecule has 0 radical (unpaired) electrons. The minimum atomic E-state index is -0.290. The van der Waals surface area contributed by atoms with Gasteiger partial charge < -0.3 is 9.84 Å². The molecule has 0 aromatic heterocycles. The van der Waals surface area contributed by atoms with Crippen molar-refractivity contribution in [2.24, 2.45) is 5.92 Å². The first-order valence-electron chi connectivity index (χ1n) is 4.16. The normalized spacial score (nSPS) is 39.0. The molecule has 11 heavy (non-hydrogen) atoms. The topological polar surface area (TPSA) is 41.5 Å². The summed E-state index contributed by atoms with van der Waals surface area (Å²) in [6, 6.07) is 0. The van der Waals surface area contributed by atoms with Crippen molar-refractivity contribution in [3.8, 4) is 0 Å². The van der Waals surface area contributed by atoms with Gasteiger partial charge in [-0.3, -0.25) is 5.32 Å². The van der Waals surface area contributed by atoms with Gasteiger partial charge in [0.25, 0.3) is 0 Å². The van der Waals surface area contributed by atoms with Crippen LogP contribution in [0.5, 0.6) is 0 Å². The summed E-state index contributed by atoms with van der Waals surface area (Å²) in [5.74, 6) is 0.585. The monoisotopic (exact) mass is 159 g/mol. The molecule has 0 spiro atoms. The largest absolute Gasteiger partial charge is 0.396 e. The first-order valence-corrected chi connectivity index (χ1v) is 4.16. The first kappa shape index (κ1) is 8.97. The highest BCUT2D eigenvalue weighted by molar-refractivity contribution is 4.77. The predicted octanol–water partition coefficient (Wildman–Crippen LogP) is 0.341. The second-order valence-electron chi connectivity index (χ2n) is 3.50. The molecule has 1 saturated heterocycles. The highest BCUT2D eigenvalue weighted by Crippen LogP contribution is 2.17. The van der Waals surface area contributed by atoms with Gasteiger partial charge in [0.05, 0.1) is 6.61 Å². The van der Waals surface area contributed by atoms with Crippen molar-refractivity contribution >= 4 is 0 Å². The van der Waals surface area contributed by atoms with Gasteiger partial charge in [-0.25, -0.2) is 0 Å². The zero-order chi connectivity index (χ0) is 8.32. The molecule has 0 aliphatic carbocycles. The molecule has 1 fully saturated rings. The maximum absolute atomic E-state index is 8.73. The Balaban J connectivity index is 2.35. The van der Waals surface area contributed by atoms with Crippen molar-refractivity contribution in [3.63, 3.8) is 0 Å². The maximum Gasteiger partial charge on any atom is 0.118 e. The zero-order valence-electron chi connectivity index (χ0n) is 7.26. The van der Waals surface area contributed by atoms with E-state index in [9.17, 15) is 0 Å². The lowest BCUT2D eigenvalue weighted by Crippen LogP contribution is -2.52. The van der Waals surface area contributed by atoms with Crippen LogP contribution in [0.1, 0.15) is 20.3 Å². The molecule has 2 atom stereocenters. The molecule has 2 N–H and O–H groups in total. The van der Waals surface area contributed by atoms with E-state index in [-0.39, 0.29) is 12.3 Å². The van der Waals surface area contributed by atoms with E-state index in [2.05, 4.69) is 12.2 Å². The fourth-order valence-corrected chi connectivity index (χ4v) is 1.20. The molecular weight excluding hydrogens is 142 g/mol. The van der Waals surface area contributed by atoms with Crippen LogP contribution >= 0.6 is 0 Å². The van der Waals surface area contributed by atoms with Gasteiger partial charge >= 0.3 is 0 Å². The van der Waals surface area contributed by atoms with Crippen LogP contribution in [0.2, 0.25) is 0 Å². The molecule has 66 valence electrons. The molecule has 2 unspecified atom stereocenters. The van der Waals surface area contributed by atoms with Crippen LogP contribution in [0.15, 0.2) is 0 Å². The number of rotatable bonds is 2. The van der Waals surface area contributed by atoms with Gasteiger partial charge in [-0.15, -0.1) is 0 Å². The van der Waals surface area contributed by atoms with E-state index in [1.807, 2.05) is 6.92 Å². The van der Waals surface area contributed by atoms with Crippen molar-refractivity contribution in [3.05, 3.63) is 0 Å². The molecule has 3 heteroatoms. The van der Waals surface area contributed by atoms with Crippen LogP contribution in [-0.4, -0.2) is 30.6 Å². The van der Waals surface area contributed by atoms with Gasteiger partial charge in [0.1, 0.15) is 5.72 Å². The number of hydrogen-bond donors (Lipinski definition) is 2. The summed E-state index contributed by atoms with van der Waals surface area (Å²) in [7, 11) is 0. The van der Waals surface area contributed by atoms with Crippen molar-refractivity contribution in [1.29, 1.82) is 0 Å². The molecule has 0 amide bonds. The Morgan fingerprint density at radius 3 is 2.91 bits per heavy atom. The van der Waals surface area contributed by atoms with E-state index in [4.69, 9.17) is 9.84 Å². The highest BCUT2D eigenvalue weighted by atomic mass is 16.5. The summed E-state index contributed by atoms with van der Waals surface area (Å²) in [6.07, 6.45) is 0.666. The maximum atomic E-state index is 8.73. The average molecular weight is 159 g/mol. The minimum absolute atomic E-state index is 0.178. The average Bonchev–Trinajstić information content (AvgIpc) is 1.97. The fraction of sp³-hybridized carbons (Fsp3) is 1.00. The Kier molecular flexibility index (Phi) is 2.87. The van der Waals surface area contributed by atoms with Gasteiger partial charge in [-0.2, -0.15) is 0 Å². The molecule has 1 aliphatic heterocycles. The lowest BCUT2D eigenvalue weighted by Gasteiger charge is -2.37. The van der Waals surface area contributed by atoms with Crippen molar-refractivity contribution in [1.82, 2.24) is 5.32 Å². The van der Waals surface area contributed by atoms with E-state index in [0.29, 0.717) is 12.3 Å². The number of ether oxygens (including phenoxy) is 1. The third-order valence-corrected chi connectivity index (χ3v) is 2.10. The van der Waals surface area contributed by atoms with E-state index in [1.165, 1.54) is 0 Å². The SMILES string of the molecule is CC1CNC(C)(CCO)OC1. The van der Waals surface area contributed by atoms with Crippen molar-refractivity contribution < 1.29 is 9.84 Å². The second kappa shape index (κ2) is 3.52. The molecule has 0 aromatic carbocycles. The van der Waals surface area contributed by atoms with Gasteiger partial charge in [-0.05, 0) is 12.8 Å². The minimum Gasteiger partial charge on any atom is -0.396 e. The Bertz CT molecular complexity index is 119. The Morgan fingerprint density at radius 1 is 1.73 bits per heavy atom. The summed E-state index contributed by atoms with van der Waals surface area (Å²) in [5, 5.41) is 12.0. The number of nitrogens with one attached hydrogen (secondary N) is 1. The van der Waals surface area contributed by atoms with Crippen molar-refractivity contribution in [2.45, 2.75) is 26.0 Å². The van der Waals surface area contributed by atoms with E-state index >= 15 is 0 Å². The predicted molar refractivity (Wildman–Crippen MR) is 43.2 cm³/mol. The van der Waals surface area contributed by atoms with Crippen LogP contribution in [0.4, 0.5) is 0 Å². The third kappa shape index (κ3) is 2.43. The molecule has 0 saturated carbocycles. The summed E-state index contributed by atoms with van der Waals surface area (Å²) in [5.41, 5.74) is -0.290. The molecule has 1 heterocycles. The Hall–Kier alpha value is -0.120. The molecule has 1 aliphatic rings. The zero-order valence-corrected chi connectivity index (χ0v) is 7.26. The van der Waals surface area contributed by atoms with Gasteiger partial charge in [0.15, 0.2) is 0 Å². The van der Waals surface area contributed by atoms with Crippen molar-refractivity contribution in [2.75, 3.05) is 19.8 Å². The molecule has 1 rings (SSSR count). The first-order chi connectivity index (χ1) is 5.16. The number of hydrogen-bond acceptors (Lipinski definition) is 3. The molecule has 3 nitrogen and oxygen atoms in total. The molecule has 0 aromatic rings. The fourth-order valence-electron chi connectivity index (χ4n) is 1.20. The quantitative estimate of drug-likeness (QED) is 0.610. The summed E-state index contributed by atoms with van der Waals surface area (Å²) < 4.78 is 5.55. The lowest BCUT2D eigenvalue weighted by atomic mass is 10.1. The Labute approximate surface area is 67.7 Å². The van der Waals surface area contributed by atoms with Gasteiger partial charge in [0, 0.05) is 19.6 Å².